The summed E-state index contributed by atoms with van der Waals surface area (Å²) in [4.78, 5) is 4.32. The summed E-state index contributed by atoms with van der Waals surface area (Å²) >= 11 is 0. The van der Waals surface area contributed by atoms with E-state index in [1.807, 2.05) is 36.4 Å². The molecular formula is C23H32IN3O4. The topological polar surface area (TPSA) is 73.3 Å². The minimum absolute atomic E-state index is 0. The summed E-state index contributed by atoms with van der Waals surface area (Å²) in [6.07, 6.45) is 4.87. The van der Waals surface area contributed by atoms with Crippen LogP contribution >= 0.6 is 24.0 Å². The molecule has 3 rings (SSSR count). The van der Waals surface area contributed by atoms with Crippen molar-refractivity contribution in [3.8, 4) is 23.0 Å². The van der Waals surface area contributed by atoms with Crippen molar-refractivity contribution >= 4 is 35.6 Å². The molecule has 1 aliphatic rings. The smallest absolute Gasteiger partial charge is 0.195 e. The van der Waals surface area contributed by atoms with Gasteiger partial charge in [-0.3, -0.25) is 4.99 Å². The predicted molar refractivity (Wildman–Crippen MR) is 135 cm³/mol. The highest BCUT2D eigenvalue weighted by Crippen LogP contribution is 2.35. The molecule has 0 saturated heterocycles. The van der Waals surface area contributed by atoms with Crippen LogP contribution in [-0.4, -0.2) is 40.4 Å². The second kappa shape index (κ2) is 12.5. The molecular weight excluding hydrogens is 509 g/mol. The predicted octanol–water partition coefficient (Wildman–Crippen LogP) is 4.84. The molecule has 0 aromatic heterocycles. The van der Waals surface area contributed by atoms with Gasteiger partial charge in [0.1, 0.15) is 0 Å². The first kappa shape index (κ1) is 24.9. The third-order valence-corrected chi connectivity index (χ3v) is 5.18. The Morgan fingerprint density at radius 2 is 1.68 bits per heavy atom. The molecule has 31 heavy (non-hydrogen) atoms. The van der Waals surface area contributed by atoms with E-state index in [0.717, 1.165) is 35.6 Å². The van der Waals surface area contributed by atoms with Gasteiger partial charge in [0.25, 0.3) is 0 Å². The average molecular weight is 541 g/mol. The molecule has 0 aliphatic heterocycles. The number of guanidine groups is 1. The summed E-state index contributed by atoms with van der Waals surface area (Å²) in [5, 5.41) is 6.63. The van der Waals surface area contributed by atoms with Crippen molar-refractivity contribution in [2.75, 3.05) is 33.7 Å². The number of hydrogen-bond acceptors (Lipinski definition) is 5. The van der Waals surface area contributed by atoms with Gasteiger partial charge in [-0.15, -0.1) is 24.0 Å². The number of benzene rings is 2. The largest absolute Gasteiger partial charge is 0.493 e. The van der Waals surface area contributed by atoms with Gasteiger partial charge in [-0.2, -0.15) is 0 Å². The molecule has 1 aliphatic carbocycles. The number of rotatable bonds is 8. The van der Waals surface area contributed by atoms with Crippen LogP contribution in [0.3, 0.4) is 0 Å². The normalized spacial score (nSPS) is 13.9. The van der Waals surface area contributed by atoms with E-state index < -0.39 is 0 Å². The van der Waals surface area contributed by atoms with E-state index in [-0.39, 0.29) is 30.1 Å². The minimum Gasteiger partial charge on any atom is -0.493 e. The Bertz CT molecular complexity index is 870. The third-order valence-electron chi connectivity index (χ3n) is 5.18. The lowest BCUT2D eigenvalue weighted by molar-refractivity contribution is 0.198. The fraction of sp³-hybridized carbons (Fsp3) is 0.435. The van der Waals surface area contributed by atoms with E-state index in [0.29, 0.717) is 24.0 Å². The van der Waals surface area contributed by atoms with Gasteiger partial charge in [-0.1, -0.05) is 12.1 Å². The lowest BCUT2D eigenvalue weighted by Crippen LogP contribution is -2.30. The Morgan fingerprint density at radius 1 is 0.968 bits per heavy atom. The molecule has 2 aromatic rings. The molecule has 0 unspecified atom stereocenters. The highest BCUT2D eigenvalue weighted by atomic mass is 127. The molecule has 0 spiro atoms. The van der Waals surface area contributed by atoms with Crippen LogP contribution in [0.4, 0.5) is 5.69 Å². The first-order valence-corrected chi connectivity index (χ1v) is 10.2. The van der Waals surface area contributed by atoms with Crippen molar-refractivity contribution in [1.82, 2.24) is 5.32 Å². The third kappa shape index (κ3) is 6.56. The Hall–Kier alpha value is -2.36. The van der Waals surface area contributed by atoms with E-state index in [2.05, 4.69) is 15.6 Å². The van der Waals surface area contributed by atoms with E-state index in [9.17, 15) is 0 Å². The number of nitrogens with one attached hydrogen (secondary N) is 2. The molecule has 0 amide bonds. The Kier molecular flexibility index (Phi) is 10.0. The zero-order chi connectivity index (χ0) is 21.3. The number of methoxy groups -OCH3 is 3. The summed E-state index contributed by atoms with van der Waals surface area (Å²) < 4.78 is 22.5. The molecule has 1 saturated carbocycles. The molecule has 7 nitrogen and oxygen atoms in total. The second-order valence-corrected chi connectivity index (χ2v) is 7.09. The molecule has 2 aromatic carbocycles. The number of ether oxygens (including phenoxy) is 4. The Morgan fingerprint density at radius 3 is 2.32 bits per heavy atom. The summed E-state index contributed by atoms with van der Waals surface area (Å²) in [5.74, 6) is 3.52. The van der Waals surface area contributed by atoms with Crippen LogP contribution in [0.15, 0.2) is 41.4 Å². The number of para-hydroxylation sites is 1. The van der Waals surface area contributed by atoms with Gasteiger partial charge < -0.3 is 29.6 Å². The maximum atomic E-state index is 6.31. The van der Waals surface area contributed by atoms with Gasteiger partial charge >= 0.3 is 0 Å². The monoisotopic (exact) mass is 541 g/mol. The van der Waals surface area contributed by atoms with Gasteiger partial charge in [-0.05, 0) is 43.9 Å². The van der Waals surface area contributed by atoms with E-state index in [1.165, 1.54) is 12.8 Å². The van der Waals surface area contributed by atoms with Crippen LogP contribution in [-0.2, 0) is 6.54 Å². The van der Waals surface area contributed by atoms with Crippen molar-refractivity contribution in [3.05, 3.63) is 42.0 Å². The van der Waals surface area contributed by atoms with Crippen molar-refractivity contribution in [1.29, 1.82) is 0 Å². The molecule has 0 atom stereocenters. The second-order valence-electron chi connectivity index (χ2n) is 7.09. The number of aliphatic imine (C=N–C) groups is 1. The summed E-state index contributed by atoms with van der Waals surface area (Å²) in [7, 11) is 6.64. The fourth-order valence-corrected chi connectivity index (χ4v) is 3.58. The molecule has 1 fully saturated rings. The van der Waals surface area contributed by atoms with Crippen LogP contribution in [0.2, 0.25) is 0 Å². The number of halogens is 1. The van der Waals surface area contributed by atoms with Crippen molar-refractivity contribution in [2.24, 2.45) is 4.99 Å². The first-order chi connectivity index (χ1) is 14.7. The Balaban J connectivity index is 0.00000341. The zero-order valence-electron chi connectivity index (χ0n) is 18.6. The lowest BCUT2D eigenvalue weighted by atomic mass is 10.1. The van der Waals surface area contributed by atoms with Crippen molar-refractivity contribution in [2.45, 2.75) is 38.3 Å². The minimum atomic E-state index is 0. The maximum absolute atomic E-state index is 6.31. The summed E-state index contributed by atoms with van der Waals surface area (Å²) in [6, 6.07) is 11.6. The van der Waals surface area contributed by atoms with E-state index in [1.54, 1.807) is 28.4 Å². The van der Waals surface area contributed by atoms with Crippen LogP contribution in [0.5, 0.6) is 23.0 Å². The van der Waals surface area contributed by atoms with Crippen molar-refractivity contribution < 1.29 is 18.9 Å². The van der Waals surface area contributed by atoms with Crippen molar-refractivity contribution in [3.63, 3.8) is 0 Å². The number of hydrogen-bond donors (Lipinski definition) is 2. The SMILES string of the molecule is CN=C(NCc1cccc(OC)c1OC1CCCC1)Nc1ccc(OC)c(OC)c1.I. The van der Waals surface area contributed by atoms with Crippen LogP contribution in [0.25, 0.3) is 0 Å². The highest BCUT2D eigenvalue weighted by molar-refractivity contribution is 14.0. The van der Waals surface area contributed by atoms with Crippen LogP contribution in [0.1, 0.15) is 31.2 Å². The first-order valence-electron chi connectivity index (χ1n) is 10.2. The van der Waals surface area contributed by atoms with Gasteiger partial charge in [0.2, 0.25) is 0 Å². The quantitative estimate of drug-likeness (QED) is 0.283. The summed E-state index contributed by atoms with van der Waals surface area (Å²) in [6.45, 7) is 0.548. The van der Waals surface area contributed by atoms with E-state index >= 15 is 0 Å². The number of nitrogens with zero attached hydrogens (tertiary/aromatic N) is 1. The van der Waals surface area contributed by atoms with E-state index in [4.69, 9.17) is 18.9 Å². The highest BCUT2D eigenvalue weighted by Gasteiger charge is 2.20. The molecule has 170 valence electrons. The van der Waals surface area contributed by atoms with Gasteiger partial charge in [-0.25, -0.2) is 0 Å². The molecule has 0 bridgehead atoms. The van der Waals surface area contributed by atoms with Gasteiger partial charge in [0, 0.05) is 30.9 Å². The summed E-state index contributed by atoms with van der Waals surface area (Å²) in [5.41, 5.74) is 1.87. The molecule has 0 heterocycles. The van der Waals surface area contributed by atoms with Crippen LogP contribution in [0, 0.1) is 0 Å². The van der Waals surface area contributed by atoms with Crippen LogP contribution < -0.4 is 29.6 Å². The van der Waals surface area contributed by atoms with Gasteiger partial charge in [0.15, 0.2) is 29.0 Å². The maximum Gasteiger partial charge on any atom is 0.195 e. The Labute approximate surface area is 201 Å². The zero-order valence-corrected chi connectivity index (χ0v) is 20.9. The molecule has 2 N–H and O–H groups in total. The standard InChI is InChI=1S/C23H31N3O4.HI/c1-24-23(26-17-12-13-19(27-2)21(14-17)29-4)25-15-16-8-7-11-20(28-3)22(16)30-18-9-5-6-10-18;/h7-8,11-14,18H,5-6,9-10,15H2,1-4H3,(H2,24,25,26);1H. The van der Waals surface area contributed by atoms with Gasteiger partial charge in [0.05, 0.1) is 27.4 Å². The number of anilines is 1. The fourth-order valence-electron chi connectivity index (χ4n) is 3.58. The molecule has 8 heteroatoms. The molecule has 0 radical (unpaired) electrons. The average Bonchev–Trinajstić information content (AvgIpc) is 3.30. The lowest BCUT2D eigenvalue weighted by Gasteiger charge is -2.20.